The van der Waals surface area contributed by atoms with Crippen molar-refractivity contribution in [2.24, 2.45) is 0 Å². The Balaban J connectivity index is 2.50. The molecule has 0 aliphatic heterocycles. The third-order valence-electron chi connectivity index (χ3n) is 2.53. The van der Waals surface area contributed by atoms with Gasteiger partial charge in [-0.25, -0.2) is 14.6 Å². The van der Waals surface area contributed by atoms with E-state index < -0.39 is 0 Å². The molecule has 16 heavy (non-hydrogen) atoms. The fourth-order valence-corrected chi connectivity index (χ4v) is 1.61. The van der Waals surface area contributed by atoms with Crippen LogP contribution in [0.1, 0.15) is 30.9 Å². The van der Waals surface area contributed by atoms with E-state index in [-0.39, 0.29) is 0 Å². The van der Waals surface area contributed by atoms with Crippen LogP contribution in [-0.4, -0.2) is 19.7 Å². The van der Waals surface area contributed by atoms with Gasteiger partial charge in [0.2, 0.25) is 0 Å². The minimum absolute atomic E-state index is 0.663. The number of nitrogens with zero attached hydrogens (tertiary/aromatic N) is 4. The van der Waals surface area contributed by atoms with Crippen LogP contribution in [0.25, 0.3) is 5.95 Å². The standard InChI is InChI=1S/C12H16N4/c1-4-10-8-11(5-2)16(15-10)12-13-7-6-9(3)14-12/h6-8H,4-5H2,1-3H3. The van der Waals surface area contributed by atoms with Crippen LogP contribution in [0.3, 0.4) is 0 Å². The Labute approximate surface area is 95.4 Å². The van der Waals surface area contributed by atoms with Crippen LogP contribution < -0.4 is 0 Å². The SMILES string of the molecule is CCc1cc(CC)n(-c2nccc(C)n2)n1. The third-order valence-corrected chi connectivity index (χ3v) is 2.53. The van der Waals surface area contributed by atoms with Crippen molar-refractivity contribution >= 4 is 0 Å². The lowest BCUT2D eigenvalue weighted by molar-refractivity contribution is 0.742. The molecule has 0 aliphatic carbocycles. The van der Waals surface area contributed by atoms with Gasteiger partial charge in [0.1, 0.15) is 0 Å². The van der Waals surface area contributed by atoms with E-state index in [1.165, 1.54) is 0 Å². The van der Waals surface area contributed by atoms with Crippen molar-refractivity contribution in [2.45, 2.75) is 33.6 Å². The van der Waals surface area contributed by atoms with E-state index >= 15 is 0 Å². The van der Waals surface area contributed by atoms with E-state index in [2.05, 4.69) is 35.0 Å². The topological polar surface area (TPSA) is 43.6 Å². The van der Waals surface area contributed by atoms with Gasteiger partial charge in [-0.1, -0.05) is 13.8 Å². The normalized spacial score (nSPS) is 10.7. The molecule has 2 heterocycles. The first-order chi connectivity index (χ1) is 7.74. The average Bonchev–Trinajstić information content (AvgIpc) is 2.72. The molecule has 0 radical (unpaired) electrons. The molecule has 0 atom stereocenters. The van der Waals surface area contributed by atoms with Gasteiger partial charge in [0.05, 0.1) is 5.69 Å². The highest BCUT2D eigenvalue weighted by atomic mass is 15.4. The first-order valence-corrected chi connectivity index (χ1v) is 5.62. The lowest BCUT2D eigenvalue weighted by Gasteiger charge is -2.03. The van der Waals surface area contributed by atoms with Crippen molar-refractivity contribution in [3.63, 3.8) is 0 Å². The molecule has 2 aromatic heterocycles. The molecule has 0 N–H and O–H groups in total. The van der Waals surface area contributed by atoms with E-state index in [0.717, 1.165) is 29.9 Å². The van der Waals surface area contributed by atoms with Gasteiger partial charge in [0.25, 0.3) is 5.95 Å². The summed E-state index contributed by atoms with van der Waals surface area (Å²) in [6.45, 7) is 6.17. The quantitative estimate of drug-likeness (QED) is 0.789. The van der Waals surface area contributed by atoms with Crippen LogP contribution in [0.5, 0.6) is 0 Å². The maximum atomic E-state index is 4.50. The Morgan fingerprint density at radius 2 is 2.06 bits per heavy atom. The zero-order chi connectivity index (χ0) is 11.5. The molecular weight excluding hydrogens is 200 g/mol. The second-order valence-corrected chi connectivity index (χ2v) is 3.74. The summed E-state index contributed by atoms with van der Waals surface area (Å²) >= 11 is 0. The molecule has 4 heteroatoms. The van der Waals surface area contributed by atoms with Gasteiger partial charge >= 0.3 is 0 Å². The number of hydrogen-bond acceptors (Lipinski definition) is 3. The Kier molecular flexibility index (Phi) is 2.99. The summed E-state index contributed by atoms with van der Waals surface area (Å²) in [6.07, 6.45) is 3.64. The third kappa shape index (κ3) is 1.96. The monoisotopic (exact) mass is 216 g/mol. The number of rotatable bonds is 3. The molecule has 0 saturated heterocycles. The molecule has 0 spiro atoms. The Hall–Kier alpha value is -1.71. The van der Waals surface area contributed by atoms with E-state index in [1.54, 1.807) is 6.20 Å². The highest BCUT2D eigenvalue weighted by molar-refractivity contribution is 5.21. The van der Waals surface area contributed by atoms with E-state index in [0.29, 0.717) is 5.95 Å². The van der Waals surface area contributed by atoms with Gasteiger partial charge in [0.15, 0.2) is 0 Å². The highest BCUT2D eigenvalue weighted by Gasteiger charge is 2.09. The molecular formula is C12H16N4. The molecule has 2 aromatic rings. The van der Waals surface area contributed by atoms with Crippen LogP contribution in [0.4, 0.5) is 0 Å². The second kappa shape index (κ2) is 4.43. The molecule has 0 aromatic carbocycles. The van der Waals surface area contributed by atoms with Crippen LogP contribution in [0, 0.1) is 6.92 Å². The van der Waals surface area contributed by atoms with Crippen LogP contribution >= 0.6 is 0 Å². The van der Waals surface area contributed by atoms with Crippen LogP contribution in [0.15, 0.2) is 18.3 Å². The van der Waals surface area contributed by atoms with Crippen molar-refractivity contribution in [2.75, 3.05) is 0 Å². The lowest BCUT2D eigenvalue weighted by atomic mass is 10.3. The van der Waals surface area contributed by atoms with Gasteiger partial charge in [-0.3, -0.25) is 0 Å². The van der Waals surface area contributed by atoms with Crippen molar-refractivity contribution in [3.05, 3.63) is 35.4 Å². The molecule has 0 bridgehead atoms. The fourth-order valence-electron chi connectivity index (χ4n) is 1.61. The minimum Gasteiger partial charge on any atom is -0.220 e. The number of aryl methyl sites for hydroxylation is 3. The molecule has 0 amide bonds. The van der Waals surface area contributed by atoms with E-state index in [4.69, 9.17) is 0 Å². The van der Waals surface area contributed by atoms with E-state index in [1.807, 2.05) is 17.7 Å². The number of aromatic nitrogens is 4. The second-order valence-electron chi connectivity index (χ2n) is 3.74. The summed E-state index contributed by atoms with van der Waals surface area (Å²) in [6, 6.07) is 4.01. The largest absolute Gasteiger partial charge is 0.250 e. The summed E-state index contributed by atoms with van der Waals surface area (Å²) in [4.78, 5) is 8.64. The molecule has 4 nitrogen and oxygen atoms in total. The maximum Gasteiger partial charge on any atom is 0.250 e. The first kappa shape index (κ1) is 10.8. The Morgan fingerprint density at radius 3 is 2.69 bits per heavy atom. The Bertz CT molecular complexity index is 488. The van der Waals surface area contributed by atoms with Crippen LogP contribution in [-0.2, 0) is 12.8 Å². The fraction of sp³-hybridized carbons (Fsp3) is 0.417. The number of hydrogen-bond donors (Lipinski definition) is 0. The summed E-state index contributed by atoms with van der Waals surface area (Å²) in [7, 11) is 0. The molecule has 0 unspecified atom stereocenters. The smallest absolute Gasteiger partial charge is 0.220 e. The van der Waals surface area contributed by atoms with Gasteiger partial charge in [-0.05, 0) is 31.9 Å². The zero-order valence-electron chi connectivity index (χ0n) is 9.94. The average molecular weight is 216 g/mol. The predicted molar refractivity (Wildman–Crippen MR) is 62.6 cm³/mol. The van der Waals surface area contributed by atoms with Crippen molar-refractivity contribution in [1.82, 2.24) is 19.7 Å². The van der Waals surface area contributed by atoms with Crippen molar-refractivity contribution in [3.8, 4) is 5.95 Å². The van der Waals surface area contributed by atoms with E-state index in [9.17, 15) is 0 Å². The predicted octanol–water partition coefficient (Wildman–Crippen LogP) is 2.10. The summed E-state index contributed by atoms with van der Waals surface area (Å²) < 4.78 is 1.84. The first-order valence-electron chi connectivity index (χ1n) is 5.62. The van der Waals surface area contributed by atoms with Crippen LogP contribution in [0.2, 0.25) is 0 Å². The zero-order valence-corrected chi connectivity index (χ0v) is 9.94. The summed E-state index contributed by atoms with van der Waals surface area (Å²) in [5, 5.41) is 4.50. The van der Waals surface area contributed by atoms with Gasteiger partial charge < -0.3 is 0 Å². The molecule has 0 saturated carbocycles. The van der Waals surface area contributed by atoms with Gasteiger partial charge in [-0.15, -0.1) is 0 Å². The van der Waals surface area contributed by atoms with Gasteiger partial charge in [-0.2, -0.15) is 5.10 Å². The summed E-state index contributed by atoms with van der Waals surface area (Å²) in [5.41, 5.74) is 3.20. The Morgan fingerprint density at radius 1 is 1.25 bits per heavy atom. The maximum absolute atomic E-state index is 4.50. The van der Waals surface area contributed by atoms with Gasteiger partial charge in [0, 0.05) is 17.6 Å². The minimum atomic E-state index is 0.663. The molecule has 84 valence electrons. The highest BCUT2D eigenvalue weighted by Crippen LogP contribution is 2.10. The van der Waals surface area contributed by atoms with Crippen molar-refractivity contribution < 1.29 is 0 Å². The summed E-state index contributed by atoms with van der Waals surface area (Å²) in [5.74, 6) is 0.663. The molecule has 0 fully saturated rings. The lowest BCUT2D eigenvalue weighted by Crippen LogP contribution is -2.07. The molecule has 2 rings (SSSR count). The molecule has 0 aliphatic rings. The van der Waals surface area contributed by atoms with Crippen molar-refractivity contribution in [1.29, 1.82) is 0 Å².